The number of nitrogens with two attached hydrogens (primary N) is 1. The van der Waals surface area contributed by atoms with Crippen molar-refractivity contribution in [2.24, 2.45) is 5.73 Å². The zero-order valence-electron chi connectivity index (χ0n) is 14.4. The minimum Gasteiger partial charge on any atom is -0.459 e. The maximum Gasteiger partial charge on any atom is 0.291 e. The van der Waals surface area contributed by atoms with Gasteiger partial charge in [0.25, 0.3) is 11.8 Å². The zero-order chi connectivity index (χ0) is 19.4. The maximum atomic E-state index is 12.5. The number of anilines is 1. The molecule has 1 aromatic carbocycles. The lowest BCUT2D eigenvalue weighted by molar-refractivity contribution is 0.0952. The second-order valence-corrected chi connectivity index (χ2v) is 6.85. The van der Waals surface area contributed by atoms with Crippen LogP contribution >= 0.6 is 11.3 Å². The van der Waals surface area contributed by atoms with E-state index in [9.17, 15) is 14.4 Å². The van der Waals surface area contributed by atoms with E-state index in [2.05, 4.69) is 10.6 Å². The van der Waals surface area contributed by atoms with Crippen LogP contribution in [-0.4, -0.2) is 17.7 Å². The average molecular weight is 383 g/mol. The van der Waals surface area contributed by atoms with E-state index in [0.717, 1.165) is 11.1 Å². The molecule has 3 rings (SSSR count). The molecule has 0 spiro atoms. The first-order valence-corrected chi connectivity index (χ1v) is 8.88. The number of primary amides is 1. The molecule has 3 aromatic rings. The summed E-state index contributed by atoms with van der Waals surface area (Å²) in [5.41, 5.74) is 7.16. The molecule has 0 bridgehead atoms. The SMILES string of the molecule is Cc1cc(NC(=O)c2ccco2)sc1C(=O)NCc1cccc(C(N)=O)c1. The van der Waals surface area contributed by atoms with Gasteiger partial charge in [0.05, 0.1) is 16.1 Å². The molecule has 0 fully saturated rings. The van der Waals surface area contributed by atoms with Crippen LogP contribution in [0.3, 0.4) is 0 Å². The number of carbonyl (C=O) groups is 3. The Balaban J connectivity index is 1.65. The predicted octanol–water partition coefficient (Wildman–Crippen LogP) is 2.93. The van der Waals surface area contributed by atoms with Gasteiger partial charge in [-0.3, -0.25) is 14.4 Å². The van der Waals surface area contributed by atoms with E-state index in [-0.39, 0.29) is 24.1 Å². The normalized spacial score (nSPS) is 10.4. The minimum atomic E-state index is -0.519. The third-order valence-electron chi connectivity index (χ3n) is 3.77. The maximum absolute atomic E-state index is 12.5. The highest BCUT2D eigenvalue weighted by molar-refractivity contribution is 7.18. The molecule has 27 heavy (non-hydrogen) atoms. The number of amides is 3. The summed E-state index contributed by atoms with van der Waals surface area (Å²) in [6, 6.07) is 11.7. The van der Waals surface area contributed by atoms with Crippen molar-refractivity contribution in [1.82, 2.24) is 5.32 Å². The summed E-state index contributed by atoms with van der Waals surface area (Å²) in [6.45, 7) is 2.05. The first-order valence-electron chi connectivity index (χ1n) is 8.06. The highest BCUT2D eigenvalue weighted by atomic mass is 32.1. The third kappa shape index (κ3) is 4.42. The summed E-state index contributed by atoms with van der Waals surface area (Å²) in [5.74, 6) is -0.965. The van der Waals surface area contributed by atoms with Crippen LogP contribution in [0.15, 0.2) is 53.1 Å². The number of aryl methyl sites for hydroxylation is 1. The number of rotatable bonds is 6. The van der Waals surface area contributed by atoms with Gasteiger partial charge in [-0.1, -0.05) is 12.1 Å². The minimum absolute atomic E-state index is 0.196. The molecule has 3 amide bonds. The molecule has 0 atom stereocenters. The van der Waals surface area contributed by atoms with Crippen molar-refractivity contribution in [2.45, 2.75) is 13.5 Å². The van der Waals surface area contributed by atoms with Gasteiger partial charge in [-0.2, -0.15) is 0 Å². The van der Waals surface area contributed by atoms with Crippen LogP contribution in [-0.2, 0) is 6.54 Å². The number of thiophene rings is 1. The predicted molar refractivity (Wildman–Crippen MR) is 102 cm³/mol. The molecule has 0 radical (unpaired) electrons. The summed E-state index contributed by atoms with van der Waals surface area (Å²) in [6.07, 6.45) is 1.42. The van der Waals surface area contributed by atoms with E-state index >= 15 is 0 Å². The smallest absolute Gasteiger partial charge is 0.291 e. The Bertz CT molecular complexity index is 992. The van der Waals surface area contributed by atoms with Gasteiger partial charge in [-0.05, 0) is 48.4 Å². The van der Waals surface area contributed by atoms with E-state index < -0.39 is 5.91 Å². The molecule has 7 nitrogen and oxygen atoms in total. The number of carbonyl (C=O) groups excluding carboxylic acids is 3. The van der Waals surface area contributed by atoms with Gasteiger partial charge in [-0.25, -0.2) is 0 Å². The van der Waals surface area contributed by atoms with Gasteiger partial charge >= 0.3 is 0 Å². The quantitative estimate of drug-likeness (QED) is 0.607. The molecule has 138 valence electrons. The lowest BCUT2D eigenvalue weighted by Gasteiger charge is -2.06. The lowest BCUT2D eigenvalue weighted by Crippen LogP contribution is -2.22. The Kier molecular flexibility index (Phi) is 5.37. The van der Waals surface area contributed by atoms with Gasteiger partial charge in [0, 0.05) is 12.1 Å². The second-order valence-electron chi connectivity index (χ2n) is 5.80. The largest absolute Gasteiger partial charge is 0.459 e. The molecule has 2 heterocycles. The highest BCUT2D eigenvalue weighted by Crippen LogP contribution is 2.27. The lowest BCUT2D eigenvalue weighted by atomic mass is 10.1. The van der Waals surface area contributed by atoms with Crippen molar-refractivity contribution in [1.29, 1.82) is 0 Å². The van der Waals surface area contributed by atoms with E-state index in [0.29, 0.717) is 15.4 Å². The standard InChI is InChI=1S/C19H17N3O4S/c1-11-8-15(22-18(24)14-6-3-7-26-14)27-16(11)19(25)21-10-12-4-2-5-13(9-12)17(20)23/h2-9H,10H2,1H3,(H2,20,23)(H,21,25)(H,22,24). The van der Waals surface area contributed by atoms with Gasteiger partial charge in [-0.15, -0.1) is 11.3 Å². The molecule has 0 unspecified atom stereocenters. The summed E-state index contributed by atoms with van der Waals surface area (Å²) in [4.78, 5) is 36.2. The van der Waals surface area contributed by atoms with Crippen LogP contribution in [0.25, 0.3) is 0 Å². The van der Waals surface area contributed by atoms with Gasteiger partial charge < -0.3 is 20.8 Å². The Morgan fingerprint density at radius 1 is 1.11 bits per heavy atom. The highest BCUT2D eigenvalue weighted by Gasteiger charge is 2.16. The fourth-order valence-electron chi connectivity index (χ4n) is 2.45. The Hall–Kier alpha value is -3.39. The molecule has 8 heteroatoms. The van der Waals surface area contributed by atoms with Gasteiger partial charge in [0.2, 0.25) is 5.91 Å². The van der Waals surface area contributed by atoms with Gasteiger partial charge in [0.15, 0.2) is 5.76 Å². The topological polar surface area (TPSA) is 114 Å². The molecule has 0 aliphatic heterocycles. The van der Waals surface area contributed by atoms with Crippen LogP contribution < -0.4 is 16.4 Å². The van der Waals surface area contributed by atoms with Crippen molar-refractivity contribution >= 4 is 34.1 Å². The fraction of sp³-hybridized carbons (Fsp3) is 0.105. The van der Waals surface area contributed by atoms with Crippen LogP contribution in [0.1, 0.15) is 41.7 Å². The van der Waals surface area contributed by atoms with Crippen LogP contribution in [0.4, 0.5) is 5.00 Å². The van der Waals surface area contributed by atoms with E-state index in [1.165, 1.54) is 17.6 Å². The summed E-state index contributed by atoms with van der Waals surface area (Å²) in [5, 5.41) is 6.06. The monoisotopic (exact) mass is 383 g/mol. The van der Waals surface area contributed by atoms with E-state index in [1.807, 2.05) is 0 Å². The Morgan fingerprint density at radius 2 is 1.93 bits per heavy atom. The second kappa shape index (κ2) is 7.88. The average Bonchev–Trinajstić information content (AvgIpc) is 3.30. The molecular weight excluding hydrogens is 366 g/mol. The van der Waals surface area contributed by atoms with Crippen molar-refractivity contribution in [3.8, 4) is 0 Å². The summed E-state index contributed by atoms with van der Waals surface area (Å²) < 4.78 is 5.05. The van der Waals surface area contributed by atoms with Gasteiger partial charge in [0.1, 0.15) is 0 Å². The first-order chi connectivity index (χ1) is 12.9. The van der Waals surface area contributed by atoms with Crippen molar-refractivity contribution < 1.29 is 18.8 Å². The van der Waals surface area contributed by atoms with Crippen molar-refractivity contribution in [3.05, 3.63) is 76.1 Å². The number of benzene rings is 1. The summed E-state index contributed by atoms with van der Waals surface area (Å²) >= 11 is 1.18. The molecular formula is C19H17N3O4S. The number of hydrogen-bond acceptors (Lipinski definition) is 5. The number of furan rings is 1. The van der Waals surface area contributed by atoms with Crippen LogP contribution in [0.2, 0.25) is 0 Å². The Labute approximate surface area is 159 Å². The molecule has 0 saturated heterocycles. The van der Waals surface area contributed by atoms with Crippen molar-refractivity contribution in [3.63, 3.8) is 0 Å². The molecule has 0 saturated carbocycles. The zero-order valence-corrected chi connectivity index (χ0v) is 15.3. The molecule has 4 N–H and O–H groups in total. The fourth-order valence-corrected chi connectivity index (χ4v) is 3.43. The van der Waals surface area contributed by atoms with E-state index in [1.54, 1.807) is 49.4 Å². The molecule has 0 aliphatic rings. The van der Waals surface area contributed by atoms with Crippen LogP contribution in [0, 0.1) is 6.92 Å². The molecule has 0 aliphatic carbocycles. The van der Waals surface area contributed by atoms with E-state index in [4.69, 9.17) is 10.2 Å². The molecule has 2 aromatic heterocycles. The number of nitrogens with one attached hydrogen (secondary N) is 2. The van der Waals surface area contributed by atoms with Crippen LogP contribution in [0.5, 0.6) is 0 Å². The Morgan fingerprint density at radius 3 is 2.63 bits per heavy atom. The first kappa shape index (κ1) is 18.4. The number of hydrogen-bond donors (Lipinski definition) is 3. The summed E-state index contributed by atoms with van der Waals surface area (Å²) in [7, 11) is 0. The van der Waals surface area contributed by atoms with Crippen molar-refractivity contribution in [2.75, 3.05) is 5.32 Å². The third-order valence-corrected chi connectivity index (χ3v) is 4.92.